The van der Waals surface area contributed by atoms with Crippen LogP contribution in [0.3, 0.4) is 0 Å². The summed E-state index contributed by atoms with van der Waals surface area (Å²) < 4.78 is 0. The number of carbonyl (C=O) groups excluding carboxylic acids is 1. The van der Waals surface area contributed by atoms with Crippen molar-refractivity contribution >= 4 is 5.78 Å². The summed E-state index contributed by atoms with van der Waals surface area (Å²) in [5.41, 5.74) is 0.104. The number of ketones is 1. The Balaban J connectivity index is 1.67. The van der Waals surface area contributed by atoms with Crippen LogP contribution >= 0.6 is 0 Å². The lowest BCUT2D eigenvalue weighted by Gasteiger charge is -2.60. The molecule has 0 amide bonds. The van der Waals surface area contributed by atoms with Gasteiger partial charge in [0.2, 0.25) is 0 Å². The van der Waals surface area contributed by atoms with E-state index in [0.717, 1.165) is 32.1 Å². The van der Waals surface area contributed by atoms with Gasteiger partial charge in [-0.15, -0.1) is 0 Å². The van der Waals surface area contributed by atoms with Crippen molar-refractivity contribution in [1.82, 2.24) is 0 Å². The molecule has 3 nitrogen and oxygen atoms in total. The van der Waals surface area contributed by atoms with Crippen LogP contribution in [0.2, 0.25) is 0 Å². The number of Topliss-reactive ketones (excluding diaryl/α,β-unsaturated/α-hetero) is 1. The Kier molecular flexibility index (Phi) is 3.93. The van der Waals surface area contributed by atoms with E-state index in [-0.39, 0.29) is 34.9 Å². The number of fused-ring (bicyclic) bond motifs is 5. The molecule has 24 heavy (non-hydrogen) atoms. The van der Waals surface area contributed by atoms with E-state index in [0.29, 0.717) is 30.0 Å². The minimum atomic E-state index is -0.305. The second-order valence-corrected chi connectivity index (χ2v) is 10.0. The number of hydrogen-bond donors (Lipinski definition) is 2. The molecule has 2 N–H and O–H groups in total. The Morgan fingerprint density at radius 1 is 1.08 bits per heavy atom. The van der Waals surface area contributed by atoms with Crippen molar-refractivity contribution in [3.05, 3.63) is 0 Å². The van der Waals surface area contributed by atoms with Crippen molar-refractivity contribution in [3.63, 3.8) is 0 Å². The van der Waals surface area contributed by atoms with Crippen LogP contribution in [0.15, 0.2) is 0 Å². The van der Waals surface area contributed by atoms with Crippen LogP contribution < -0.4 is 0 Å². The van der Waals surface area contributed by atoms with Gasteiger partial charge >= 0.3 is 0 Å². The van der Waals surface area contributed by atoms with Gasteiger partial charge in [0.1, 0.15) is 5.78 Å². The van der Waals surface area contributed by atoms with E-state index >= 15 is 0 Å². The number of aliphatic hydroxyl groups excluding tert-OH is 2. The zero-order valence-electron chi connectivity index (χ0n) is 15.5. The third kappa shape index (κ3) is 2.19. The minimum Gasteiger partial charge on any atom is -0.393 e. The largest absolute Gasteiger partial charge is 0.393 e. The van der Waals surface area contributed by atoms with Crippen LogP contribution in [0, 0.1) is 40.4 Å². The first-order valence-electron chi connectivity index (χ1n) is 10.2. The van der Waals surface area contributed by atoms with Gasteiger partial charge in [0.25, 0.3) is 0 Å². The maximum absolute atomic E-state index is 13.3. The number of aliphatic hydroxyl groups is 2. The van der Waals surface area contributed by atoms with E-state index in [2.05, 4.69) is 13.8 Å². The van der Waals surface area contributed by atoms with E-state index in [4.69, 9.17) is 0 Å². The molecule has 4 aliphatic rings. The maximum atomic E-state index is 13.3. The van der Waals surface area contributed by atoms with Gasteiger partial charge in [-0.05, 0) is 86.4 Å². The van der Waals surface area contributed by atoms with Crippen molar-refractivity contribution in [3.8, 4) is 0 Å². The summed E-state index contributed by atoms with van der Waals surface area (Å²) in [5, 5.41) is 20.4. The first kappa shape index (κ1) is 17.0. The van der Waals surface area contributed by atoms with Crippen molar-refractivity contribution in [2.24, 2.45) is 40.4 Å². The molecule has 0 bridgehead atoms. The molecule has 136 valence electrons. The SMILES string of the molecule is C[C@H](O)[C@@H]1CC[C@@H]2[C@H]3CC[C@H]4C[C@@H](O)CC[C@]4(C)[C@H]3C(=O)C[C@@]21C. The molecular weight excluding hydrogens is 300 g/mol. The molecule has 4 rings (SSSR count). The summed E-state index contributed by atoms with van der Waals surface area (Å²) >= 11 is 0. The molecule has 0 aromatic rings. The number of carbonyl (C=O) groups is 1. The van der Waals surface area contributed by atoms with E-state index in [1.54, 1.807) is 0 Å². The van der Waals surface area contributed by atoms with Gasteiger partial charge in [-0.1, -0.05) is 13.8 Å². The smallest absolute Gasteiger partial charge is 0.137 e. The van der Waals surface area contributed by atoms with Gasteiger partial charge in [-0.25, -0.2) is 0 Å². The highest BCUT2D eigenvalue weighted by molar-refractivity contribution is 5.84. The molecular formula is C21H34O3. The second-order valence-electron chi connectivity index (χ2n) is 10.0. The fraction of sp³-hybridized carbons (Fsp3) is 0.952. The highest BCUT2D eigenvalue weighted by atomic mass is 16.3. The van der Waals surface area contributed by atoms with Crippen molar-refractivity contribution < 1.29 is 15.0 Å². The van der Waals surface area contributed by atoms with Crippen LogP contribution in [-0.2, 0) is 4.79 Å². The van der Waals surface area contributed by atoms with Gasteiger partial charge in [0.05, 0.1) is 12.2 Å². The lowest BCUT2D eigenvalue weighted by Crippen LogP contribution is -2.58. The Hall–Kier alpha value is -0.410. The van der Waals surface area contributed by atoms with Crippen molar-refractivity contribution in [2.45, 2.75) is 84.3 Å². The molecule has 0 aliphatic heterocycles. The fourth-order valence-electron chi connectivity index (χ4n) is 7.88. The van der Waals surface area contributed by atoms with Gasteiger partial charge in [-0.3, -0.25) is 4.79 Å². The lowest BCUT2D eigenvalue weighted by atomic mass is 9.44. The zero-order valence-corrected chi connectivity index (χ0v) is 15.5. The Morgan fingerprint density at radius 2 is 1.83 bits per heavy atom. The lowest BCUT2D eigenvalue weighted by molar-refractivity contribution is -0.163. The Bertz CT molecular complexity index is 529. The molecule has 0 aromatic carbocycles. The quantitative estimate of drug-likeness (QED) is 0.771. The van der Waals surface area contributed by atoms with Gasteiger partial charge in [0.15, 0.2) is 0 Å². The highest BCUT2D eigenvalue weighted by Gasteiger charge is 2.63. The molecule has 0 heterocycles. The standard InChI is InChI=1S/C21H34O3/c1-12(22)16-6-7-17-15-5-4-13-10-14(23)8-9-20(13,2)19(15)18(24)11-21(16,17)3/h12-17,19,22-23H,4-11H2,1-3H3/t12-,13-,14-,15+,16-,17+,19+,20-,21+/m0/s1. The van der Waals surface area contributed by atoms with E-state index in [9.17, 15) is 15.0 Å². The summed E-state index contributed by atoms with van der Waals surface area (Å²) in [6, 6.07) is 0. The molecule has 4 saturated carbocycles. The van der Waals surface area contributed by atoms with Gasteiger partial charge in [0, 0.05) is 12.3 Å². The average molecular weight is 335 g/mol. The molecule has 3 heteroatoms. The molecule has 4 aliphatic carbocycles. The molecule has 0 unspecified atom stereocenters. The second kappa shape index (κ2) is 5.54. The predicted molar refractivity (Wildman–Crippen MR) is 93.3 cm³/mol. The maximum Gasteiger partial charge on any atom is 0.137 e. The Labute approximate surface area is 146 Å². The van der Waals surface area contributed by atoms with Crippen molar-refractivity contribution in [1.29, 1.82) is 0 Å². The molecule has 0 saturated heterocycles. The van der Waals surface area contributed by atoms with Crippen LogP contribution in [0.25, 0.3) is 0 Å². The average Bonchev–Trinajstić information content (AvgIpc) is 2.84. The molecule has 0 aromatic heterocycles. The minimum absolute atomic E-state index is 0.00376. The topological polar surface area (TPSA) is 57.5 Å². The molecule has 0 spiro atoms. The number of rotatable bonds is 1. The van der Waals surface area contributed by atoms with E-state index < -0.39 is 0 Å². The summed E-state index contributed by atoms with van der Waals surface area (Å²) in [4.78, 5) is 13.3. The fourth-order valence-corrected chi connectivity index (χ4v) is 7.88. The van der Waals surface area contributed by atoms with Crippen LogP contribution in [0.4, 0.5) is 0 Å². The summed E-state index contributed by atoms with van der Waals surface area (Å²) in [7, 11) is 0. The third-order valence-corrected chi connectivity index (χ3v) is 8.98. The normalized spacial score (nSPS) is 55.5. The van der Waals surface area contributed by atoms with Crippen LogP contribution in [0.1, 0.15) is 72.1 Å². The number of hydrogen-bond acceptors (Lipinski definition) is 3. The molecule has 0 radical (unpaired) electrons. The van der Waals surface area contributed by atoms with E-state index in [1.807, 2.05) is 6.92 Å². The van der Waals surface area contributed by atoms with Gasteiger partial charge < -0.3 is 10.2 Å². The van der Waals surface area contributed by atoms with Crippen molar-refractivity contribution in [2.75, 3.05) is 0 Å². The van der Waals surface area contributed by atoms with E-state index in [1.165, 1.54) is 12.8 Å². The summed E-state index contributed by atoms with van der Waals surface area (Å²) in [6.45, 7) is 6.55. The zero-order chi connectivity index (χ0) is 17.3. The predicted octanol–water partition coefficient (Wildman–Crippen LogP) is 3.57. The molecule has 9 atom stereocenters. The first-order valence-corrected chi connectivity index (χ1v) is 10.2. The van der Waals surface area contributed by atoms with Gasteiger partial charge in [-0.2, -0.15) is 0 Å². The molecule has 4 fully saturated rings. The Morgan fingerprint density at radius 3 is 2.54 bits per heavy atom. The first-order chi connectivity index (χ1) is 11.3. The summed E-state index contributed by atoms with van der Waals surface area (Å²) in [5.74, 6) is 2.58. The van der Waals surface area contributed by atoms with Crippen LogP contribution in [0.5, 0.6) is 0 Å². The summed E-state index contributed by atoms with van der Waals surface area (Å²) in [6.07, 6.45) is 7.56. The highest BCUT2D eigenvalue weighted by Crippen LogP contribution is 2.66. The van der Waals surface area contributed by atoms with Crippen LogP contribution in [-0.4, -0.2) is 28.2 Å². The third-order valence-electron chi connectivity index (χ3n) is 8.98. The monoisotopic (exact) mass is 334 g/mol.